The van der Waals surface area contributed by atoms with Crippen molar-refractivity contribution >= 4 is 5.69 Å². The van der Waals surface area contributed by atoms with Crippen molar-refractivity contribution in [3.05, 3.63) is 53.6 Å². The Morgan fingerprint density at radius 3 is 2.44 bits per heavy atom. The van der Waals surface area contributed by atoms with Crippen molar-refractivity contribution in [1.82, 2.24) is 0 Å². The number of benzene rings is 2. The minimum Gasteiger partial charge on any atom is -0.377 e. The highest BCUT2D eigenvalue weighted by atomic mass is 15.1. The van der Waals surface area contributed by atoms with Gasteiger partial charge in [-0.25, -0.2) is 0 Å². The van der Waals surface area contributed by atoms with E-state index in [0.29, 0.717) is 0 Å². The zero-order valence-corrected chi connectivity index (χ0v) is 9.70. The van der Waals surface area contributed by atoms with Crippen LogP contribution in [0.25, 0.3) is 11.1 Å². The normalized spacial score (nSPS) is 12.1. The first kappa shape index (κ1) is 9.46. The Bertz CT molecular complexity index is 541. The van der Waals surface area contributed by atoms with Gasteiger partial charge in [0.05, 0.1) is 0 Å². The van der Waals surface area contributed by atoms with E-state index in [1.54, 1.807) is 0 Å². The number of fused-ring (bicyclic) bond motifs is 3. The van der Waals surface area contributed by atoms with Gasteiger partial charge in [0.15, 0.2) is 0 Å². The summed E-state index contributed by atoms with van der Waals surface area (Å²) in [6, 6.07) is 15.3. The molecule has 0 heterocycles. The molecule has 0 N–H and O–H groups in total. The van der Waals surface area contributed by atoms with Crippen LogP contribution in [0.5, 0.6) is 0 Å². The second-order valence-electron chi connectivity index (χ2n) is 4.54. The summed E-state index contributed by atoms with van der Waals surface area (Å²) in [6.07, 6.45) is 1.08. The zero-order valence-electron chi connectivity index (χ0n) is 9.70. The van der Waals surface area contributed by atoms with Crippen molar-refractivity contribution in [3.8, 4) is 11.1 Å². The molecule has 0 aliphatic heterocycles. The molecule has 0 bridgehead atoms. The molecule has 2 aromatic rings. The minimum atomic E-state index is 1.08. The first-order chi connectivity index (χ1) is 7.77. The van der Waals surface area contributed by atoms with E-state index in [1.165, 1.54) is 27.9 Å². The van der Waals surface area contributed by atoms with Crippen LogP contribution in [-0.2, 0) is 6.42 Å². The van der Waals surface area contributed by atoms with Gasteiger partial charge in [0.1, 0.15) is 0 Å². The van der Waals surface area contributed by atoms with Crippen LogP contribution >= 0.6 is 0 Å². The van der Waals surface area contributed by atoms with Gasteiger partial charge in [0.2, 0.25) is 0 Å². The quantitative estimate of drug-likeness (QED) is 0.594. The molecule has 0 atom stereocenters. The summed E-state index contributed by atoms with van der Waals surface area (Å²) in [7, 11) is 4.22. The van der Waals surface area contributed by atoms with Crippen LogP contribution in [0.15, 0.2) is 42.5 Å². The molecule has 0 amide bonds. The van der Waals surface area contributed by atoms with Crippen molar-refractivity contribution in [1.29, 1.82) is 0 Å². The van der Waals surface area contributed by atoms with Crippen LogP contribution in [-0.4, -0.2) is 14.1 Å². The summed E-state index contributed by atoms with van der Waals surface area (Å²) in [6.45, 7) is 0. The maximum Gasteiger partial charge on any atom is 0.0443 e. The molecule has 0 spiro atoms. The molecular formula is C15H15N. The first-order valence-corrected chi connectivity index (χ1v) is 5.65. The van der Waals surface area contributed by atoms with E-state index in [-0.39, 0.29) is 0 Å². The zero-order chi connectivity index (χ0) is 11.1. The van der Waals surface area contributed by atoms with Crippen LogP contribution in [0.3, 0.4) is 0 Å². The summed E-state index contributed by atoms with van der Waals surface area (Å²) >= 11 is 0. The van der Waals surface area contributed by atoms with E-state index >= 15 is 0 Å². The molecule has 80 valence electrons. The van der Waals surface area contributed by atoms with E-state index in [0.717, 1.165) is 6.42 Å². The molecule has 0 radical (unpaired) electrons. The number of hydrogen-bond donors (Lipinski definition) is 0. The highest BCUT2D eigenvalue weighted by molar-refractivity contribution is 5.87. The molecule has 0 aromatic heterocycles. The fraction of sp³-hybridized carbons (Fsp3) is 0.200. The minimum absolute atomic E-state index is 1.08. The van der Waals surface area contributed by atoms with Crippen molar-refractivity contribution in [3.63, 3.8) is 0 Å². The average Bonchev–Trinajstić information content (AvgIpc) is 2.66. The highest BCUT2D eigenvalue weighted by Crippen LogP contribution is 2.41. The first-order valence-electron chi connectivity index (χ1n) is 5.65. The lowest BCUT2D eigenvalue weighted by atomic mass is 10.0. The third-order valence-corrected chi connectivity index (χ3v) is 3.28. The monoisotopic (exact) mass is 209 g/mol. The van der Waals surface area contributed by atoms with Gasteiger partial charge >= 0.3 is 0 Å². The Morgan fingerprint density at radius 1 is 0.875 bits per heavy atom. The topological polar surface area (TPSA) is 3.24 Å². The van der Waals surface area contributed by atoms with Gasteiger partial charge in [0.25, 0.3) is 0 Å². The summed E-state index contributed by atoms with van der Waals surface area (Å²) in [4.78, 5) is 2.20. The third kappa shape index (κ3) is 1.25. The molecule has 1 aliphatic rings. The molecule has 0 saturated carbocycles. The molecule has 0 saturated heterocycles. The molecular weight excluding hydrogens is 194 g/mol. The van der Waals surface area contributed by atoms with E-state index in [2.05, 4.69) is 61.5 Å². The second-order valence-corrected chi connectivity index (χ2v) is 4.54. The fourth-order valence-corrected chi connectivity index (χ4v) is 2.54. The Morgan fingerprint density at radius 2 is 1.62 bits per heavy atom. The predicted octanol–water partition coefficient (Wildman–Crippen LogP) is 3.32. The smallest absolute Gasteiger partial charge is 0.0443 e. The standard InChI is InChI=1S/C15H15N/c1-16(2)14-9-5-7-12-10-11-6-3-4-8-13(11)15(12)14/h3-9H,10H2,1-2H3. The van der Waals surface area contributed by atoms with Crippen molar-refractivity contribution in [2.45, 2.75) is 6.42 Å². The Hall–Kier alpha value is -1.76. The number of nitrogens with zero attached hydrogens (tertiary/aromatic N) is 1. The molecule has 1 heteroatoms. The lowest BCUT2D eigenvalue weighted by Gasteiger charge is -2.17. The summed E-state index contributed by atoms with van der Waals surface area (Å²) in [5.74, 6) is 0. The van der Waals surface area contributed by atoms with Gasteiger partial charge in [-0.15, -0.1) is 0 Å². The molecule has 1 nitrogen and oxygen atoms in total. The van der Waals surface area contributed by atoms with E-state index in [1.807, 2.05) is 0 Å². The van der Waals surface area contributed by atoms with Gasteiger partial charge < -0.3 is 4.90 Å². The maximum atomic E-state index is 2.24. The van der Waals surface area contributed by atoms with Gasteiger partial charge in [-0.05, 0) is 29.2 Å². The molecule has 16 heavy (non-hydrogen) atoms. The number of anilines is 1. The van der Waals surface area contributed by atoms with Crippen LogP contribution in [0, 0.1) is 0 Å². The van der Waals surface area contributed by atoms with Crippen LogP contribution in [0.1, 0.15) is 11.1 Å². The molecule has 0 unspecified atom stereocenters. The lowest BCUT2D eigenvalue weighted by Crippen LogP contribution is -2.09. The average molecular weight is 209 g/mol. The number of hydrogen-bond acceptors (Lipinski definition) is 1. The summed E-state index contributed by atoms with van der Waals surface area (Å²) < 4.78 is 0. The van der Waals surface area contributed by atoms with Gasteiger partial charge in [0, 0.05) is 25.3 Å². The maximum absolute atomic E-state index is 2.24. The van der Waals surface area contributed by atoms with Gasteiger partial charge in [-0.1, -0.05) is 36.4 Å². The highest BCUT2D eigenvalue weighted by Gasteiger charge is 2.20. The van der Waals surface area contributed by atoms with E-state index in [9.17, 15) is 0 Å². The largest absolute Gasteiger partial charge is 0.377 e. The van der Waals surface area contributed by atoms with E-state index in [4.69, 9.17) is 0 Å². The second kappa shape index (κ2) is 3.38. The molecule has 2 aromatic carbocycles. The van der Waals surface area contributed by atoms with Crippen molar-refractivity contribution in [2.75, 3.05) is 19.0 Å². The Balaban J connectivity index is 2.29. The van der Waals surface area contributed by atoms with Gasteiger partial charge in [-0.3, -0.25) is 0 Å². The Labute approximate surface area is 96.3 Å². The predicted molar refractivity (Wildman–Crippen MR) is 69.0 cm³/mol. The summed E-state index contributed by atoms with van der Waals surface area (Å²) in [5.41, 5.74) is 7.05. The molecule has 0 fully saturated rings. The van der Waals surface area contributed by atoms with Crippen LogP contribution < -0.4 is 4.90 Å². The van der Waals surface area contributed by atoms with Crippen LogP contribution in [0.2, 0.25) is 0 Å². The number of rotatable bonds is 1. The van der Waals surface area contributed by atoms with E-state index < -0.39 is 0 Å². The third-order valence-electron chi connectivity index (χ3n) is 3.28. The fourth-order valence-electron chi connectivity index (χ4n) is 2.54. The summed E-state index contributed by atoms with van der Waals surface area (Å²) in [5, 5.41) is 0. The van der Waals surface area contributed by atoms with Crippen LogP contribution in [0.4, 0.5) is 5.69 Å². The Kier molecular flexibility index (Phi) is 2.00. The van der Waals surface area contributed by atoms with Crippen molar-refractivity contribution in [2.24, 2.45) is 0 Å². The van der Waals surface area contributed by atoms with Gasteiger partial charge in [-0.2, -0.15) is 0 Å². The lowest BCUT2D eigenvalue weighted by molar-refractivity contribution is 1.13. The SMILES string of the molecule is CN(C)c1cccc2c1-c1ccccc1C2. The molecule has 1 aliphatic carbocycles. The molecule has 3 rings (SSSR count). The van der Waals surface area contributed by atoms with Crippen molar-refractivity contribution < 1.29 is 0 Å².